The van der Waals surface area contributed by atoms with Crippen molar-refractivity contribution in [3.05, 3.63) is 75.2 Å². The van der Waals surface area contributed by atoms with Crippen LogP contribution in [0.1, 0.15) is 16.1 Å². The number of hydrogen-bond donors (Lipinski definition) is 1. The van der Waals surface area contributed by atoms with E-state index in [2.05, 4.69) is 10.3 Å². The van der Waals surface area contributed by atoms with Gasteiger partial charge in [0.05, 0.1) is 17.2 Å². The third-order valence-electron chi connectivity index (χ3n) is 3.26. The summed E-state index contributed by atoms with van der Waals surface area (Å²) in [6.07, 6.45) is 1.74. The van der Waals surface area contributed by atoms with Crippen LogP contribution in [-0.2, 0) is 6.54 Å². The number of carbonyl (C=O) groups is 1. The van der Waals surface area contributed by atoms with Crippen molar-refractivity contribution in [2.24, 2.45) is 0 Å². The lowest BCUT2D eigenvalue weighted by Crippen LogP contribution is -2.22. The number of benzene rings is 1. The summed E-state index contributed by atoms with van der Waals surface area (Å²) in [6, 6.07) is 10.8. The normalized spacial score (nSPS) is 10.7. The lowest BCUT2D eigenvalue weighted by Gasteiger charge is -2.02. The Morgan fingerprint density at radius 1 is 1.26 bits per heavy atom. The molecule has 0 fully saturated rings. The SMILES string of the molecule is O=C(NCc1cn2c(Cl)cccc2n1)c1ccc([N+](=O)[O-])cc1. The van der Waals surface area contributed by atoms with Crippen LogP contribution in [0.25, 0.3) is 5.65 Å². The predicted molar refractivity (Wildman–Crippen MR) is 84.5 cm³/mol. The summed E-state index contributed by atoms with van der Waals surface area (Å²) in [5.41, 5.74) is 1.64. The molecule has 3 rings (SSSR count). The number of non-ortho nitro benzene ring substituents is 1. The van der Waals surface area contributed by atoms with Crippen LogP contribution in [-0.4, -0.2) is 20.2 Å². The Bertz CT molecular complexity index is 889. The van der Waals surface area contributed by atoms with Gasteiger partial charge < -0.3 is 5.32 Å². The number of pyridine rings is 1. The van der Waals surface area contributed by atoms with Crippen molar-refractivity contribution in [2.45, 2.75) is 6.54 Å². The number of nitro groups is 1. The summed E-state index contributed by atoms with van der Waals surface area (Å²) in [6.45, 7) is 0.230. The quantitative estimate of drug-likeness (QED) is 0.452. The van der Waals surface area contributed by atoms with Gasteiger partial charge in [0.1, 0.15) is 10.8 Å². The van der Waals surface area contributed by atoms with Gasteiger partial charge in [-0.05, 0) is 24.3 Å². The zero-order valence-electron chi connectivity index (χ0n) is 11.8. The molecule has 116 valence electrons. The second-order valence-corrected chi connectivity index (χ2v) is 5.18. The topological polar surface area (TPSA) is 89.5 Å². The summed E-state index contributed by atoms with van der Waals surface area (Å²) in [7, 11) is 0. The Labute approximate surface area is 135 Å². The van der Waals surface area contributed by atoms with E-state index in [-0.39, 0.29) is 18.1 Å². The number of hydrogen-bond acceptors (Lipinski definition) is 4. The average Bonchev–Trinajstić information content (AvgIpc) is 2.97. The third kappa shape index (κ3) is 3.14. The number of aromatic nitrogens is 2. The van der Waals surface area contributed by atoms with Crippen molar-refractivity contribution in [3.8, 4) is 0 Å². The molecule has 2 heterocycles. The number of nitro benzene ring substituents is 1. The maximum absolute atomic E-state index is 12.0. The van der Waals surface area contributed by atoms with E-state index in [1.807, 2.05) is 6.07 Å². The highest BCUT2D eigenvalue weighted by Gasteiger charge is 2.10. The van der Waals surface area contributed by atoms with Gasteiger partial charge in [0.15, 0.2) is 0 Å². The molecule has 0 aliphatic rings. The molecule has 0 aliphatic heterocycles. The lowest BCUT2D eigenvalue weighted by molar-refractivity contribution is -0.384. The van der Waals surface area contributed by atoms with Crippen LogP contribution in [0.5, 0.6) is 0 Å². The molecule has 7 nitrogen and oxygen atoms in total. The molecular formula is C15H11ClN4O3. The highest BCUT2D eigenvalue weighted by Crippen LogP contribution is 2.14. The van der Waals surface area contributed by atoms with Crippen LogP contribution >= 0.6 is 11.6 Å². The standard InChI is InChI=1S/C15H11ClN4O3/c16-13-2-1-3-14-18-11(9-19(13)14)8-17-15(21)10-4-6-12(7-5-10)20(22)23/h1-7,9H,8H2,(H,17,21). The Hall–Kier alpha value is -2.93. The first-order valence-corrected chi connectivity index (χ1v) is 7.07. The van der Waals surface area contributed by atoms with Gasteiger partial charge in [-0.1, -0.05) is 17.7 Å². The Morgan fingerprint density at radius 3 is 2.65 bits per heavy atom. The van der Waals surface area contributed by atoms with Crippen molar-refractivity contribution >= 4 is 28.8 Å². The zero-order valence-corrected chi connectivity index (χ0v) is 12.5. The summed E-state index contributed by atoms with van der Waals surface area (Å²) < 4.78 is 1.72. The number of rotatable bonds is 4. The molecule has 0 spiro atoms. The molecule has 1 amide bonds. The predicted octanol–water partition coefficient (Wildman–Crippen LogP) is 2.83. The number of carbonyl (C=O) groups excluding carboxylic acids is 1. The summed E-state index contributed by atoms with van der Waals surface area (Å²) >= 11 is 6.05. The molecule has 0 radical (unpaired) electrons. The molecule has 0 unspecified atom stereocenters. The molecule has 23 heavy (non-hydrogen) atoms. The molecule has 8 heteroatoms. The lowest BCUT2D eigenvalue weighted by atomic mass is 10.2. The van der Waals surface area contributed by atoms with Gasteiger partial charge in [0, 0.05) is 23.9 Å². The highest BCUT2D eigenvalue weighted by atomic mass is 35.5. The average molecular weight is 331 g/mol. The van der Waals surface area contributed by atoms with E-state index >= 15 is 0 Å². The number of nitrogens with one attached hydrogen (secondary N) is 1. The number of fused-ring (bicyclic) bond motifs is 1. The smallest absolute Gasteiger partial charge is 0.269 e. The van der Waals surface area contributed by atoms with Crippen molar-refractivity contribution in [1.82, 2.24) is 14.7 Å². The largest absolute Gasteiger partial charge is 0.346 e. The van der Waals surface area contributed by atoms with E-state index in [0.29, 0.717) is 22.1 Å². The van der Waals surface area contributed by atoms with Gasteiger partial charge in [-0.2, -0.15) is 0 Å². The maximum atomic E-state index is 12.0. The van der Waals surface area contributed by atoms with Crippen molar-refractivity contribution < 1.29 is 9.72 Å². The second kappa shape index (κ2) is 6.05. The first-order valence-electron chi connectivity index (χ1n) is 6.70. The molecule has 2 aromatic heterocycles. The fraction of sp³-hybridized carbons (Fsp3) is 0.0667. The van der Waals surface area contributed by atoms with Crippen LogP contribution < -0.4 is 5.32 Å². The summed E-state index contributed by atoms with van der Waals surface area (Å²) in [4.78, 5) is 26.5. The van der Waals surface area contributed by atoms with Gasteiger partial charge in [-0.3, -0.25) is 19.3 Å². The van der Waals surface area contributed by atoms with Crippen LogP contribution in [0, 0.1) is 10.1 Å². The van der Waals surface area contributed by atoms with Crippen LogP contribution in [0.15, 0.2) is 48.7 Å². The van der Waals surface area contributed by atoms with E-state index in [4.69, 9.17) is 11.6 Å². The Morgan fingerprint density at radius 2 is 2.00 bits per heavy atom. The molecule has 0 saturated heterocycles. The number of imidazole rings is 1. The zero-order chi connectivity index (χ0) is 16.4. The molecular weight excluding hydrogens is 320 g/mol. The van der Waals surface area contributed by atoms with Crippen molar-refractivity contribution in [3.63, 3.8) is 0 Å². The van der Waals surface area contributed by atoms with Gasteiger partial charge in [0.2, 0.25) is 0 Å². The number of halogens is 1. The van der Waals surface area contributed by atoms with Crippen molar-refractivity contribution in [2.75, 3.05) is 0 Å². The van der Waals surface area contributed by atoms with Gasteiger partial charge in [0.25, 0.3) is 11.6 Å². The molecule has 0 aliphatic carbocycles. The highest BCUT2D eigenvalue weighted by molar-refractivity contribution is 6.29. The molecule has 0 bridgehead atoms. The minimum Gasteiger partial charge on any atom is -0.346 e. The van der Waals surface area contributed by atoms with E-state index in [0.717, 1.165) is 0 Å². The van der Waals surface area contributed by atoms with E-state index in [9.17, 15) is 14.9 Å². The number of amides is 1. The van der Waals surface area contributed by atoms with Crippen LogP contribution in [0.2, 0.25) is 5.15 Å². The molecule has 0 atom stereocenters. The van der Waals surface area contributed by atoms with Crippen molar-refractivity contribution in [1.29, 1.82) is 0 Å². The fourth-order valence-electron chi connectivity index (χ4n) is 2.12. The van der Waals surface area contributed by atoms with Gasteiger partial charge in [-0.15, -0.1) is 0 Å². The molecule has 0 saturated carbocycles. The van der Waals surface area contributed by atoms with E-state index in [1.54, 1.807) is 22.7 Å². The molecule has 1 aromatic carbocycles. The monoisotopic (exact) mass is 330 g/mol. The molecule has 1 N–H and O–H groups in total. The van der Waals surface area contributed by atoms with E-state index in [1.165, 1.54) is 24.3 Å². The van der Waals surface area contributed by atoms with Crippen LogP contribution in [0.4, 0.5) is 5.69 Å². The second-order valence-electron chi connectivity index (χ2n) is 4.80. The minimum atomic E-state index is -0.512. The maximum Gasteiger partial charge on any atom is 0.269 e. The summed E-state index contributed by atoms with van der Waals surface area (Å²) in [5.74, 6) is -0.331. The molecule has 3 aromatic rings. The first-order chi connectivity index (χ1) is 11.0. The Kier molecular flexibility index (Phi) is 3.94. The van der Waals surface area contributed by atoms with Gasteiger partial charge in [-0.25, -0.2) is 4.98 Å². The van der Waals surface area contributed by atoms with Crippen LogP contribution in [0.3, 0.4) is 0 Å². The first kappa shape index (κ1) is 15.0. The summed E-state index contributed by atoms with van der Waals surface area (Å²) in [5, 5.41) is 13.8. The third-order valence-corrected chi connectivity index (χ3v) is 3.57. The number of nitrogens with zero attached hydrogens (tertiary/aromatic N) is 3. The minimum absolute atomic E-state index is 0.0588. The van der Waals surface area contributed by atoms with Gasteiger partial charge >= 0.3 is 0 Å². The Balaban J connectivity index is 1.70. The van der Waals surface area contributed by atoms with E-state index < -0.39 is 4.92 Å². The fourth-order valence-corrected chi connectivity index (χ4v) is 2.33.